The summed E-state index contributed by atoms with van der Waals surface area (Å²) in [7, 11) is 0. The van der Waals surface area contributed by atoms with Crippen molar-refractivity contribution in [3.05, 3.63) is 82.9 Å². The monoisotopic (exact) mass is 428 g/mol. The highest BCUT2D eigenvalue weighted by molar-refractivity contribution is 6.30. The average molecular weight is 429 g/mol. The summed E-state index contributed by atoms with van der Waals surface area (Å²) >= 11 is 6.15. The van der Waals surface area contributed by atoms with Crippen molar-refractivity contribution in [2.75, 3.05) is 26.3 Å². The van der Waals surface area contributed by atoms with E-state index in [1.165, 1.54) is 5.56 Å². The fourth-order valence-corrected chi connectivity index (χ4v) is 3.68. The molecule has 0 aromatic heterocycles. The lowest BCUT2D eigenvalue weighted by molar-refractivity contribution is 0.00336. The van der Waals surface area contributed by atoms with E-state index in [2.05, 4.69) is 47.8 Å². The molecule has 0 aliphatic carbocycles. The first-order valence-corrected chi connectivity index (χ1v) is 10.5. The summed E-state index contributed by atoms with van der Waals surface area (Å²) in [6.45, 7) is 8.13. The van der Waals surface area contributed by atoms with Gasteiger partial charge in [0.25, 0.3) is 0 Å². The van der Waals surface area contributed by atoms with E-state index < -0.39 is 6.10 Å². The van der Waals surface area contributed by atoms with E-state index in [0.717, 1.165) is 23.3 Å². The van der Waals surface area contributed by atoms with Crippen molar-refractivity contribution in [2.45, 2.75) is 32.1 Å². The third-order valence-electron chi connectivity index (χ3n) is 4.89. The standard InChI is InChI=1S/C24H29ClN2O3/c1-3-11-29-17-22(28)15-27(14-19-5-4-6-21(25)12-19)16-23-13-24(26-30-23)20-9-7-18(2)8-10-20/h3-10,12,22-23,28H,1,11,13-17H2,2H3/t22-,23-/m1/s1. The number of hydrogen-bond acceptors (Lipinski definition) is 5. The van der Waals surface area contributed by atoms with E-state index in [1.807, 2.05) is 24.3 Å². The van der Waals surface area contributed by atoms with Crippen molar-refractivity contribution < 1.29 is 14.7 Å². The van der Waals surface area contributed by atoms with Gasteiger partial charge in [0, 0.05) is 31.1 Å². The van der Waals surface area contributed by atoms with Gasteiger partial charge in [0.05, 0.1) is 25.0 Å². The molecule has 0 spiro atoms. The molecule has 5 nitrogen and oxygen atoms in total. The minimum Gasteiger partial charge on any atom is -0.390 e. The first kappa shape index (κ1) is 22.5. The second kappa shape index (κ2) is 11.3. The molecule has 0 fully saturated rings. The van der Waals surface area contributed by atoms with Gasteiger partial charge in [0.1, 0.15) is 6.10 Å². The van der Waals surface area contributed by atoms with E-state index in [9.17, 15) is 5.11 Å². The van der Waals surface area contributed by atoms with Crippen molar-refractivity contribution >= 4 is 17.3 Å². The SMILES string of the molecule is C=CCOC[C@H](O)CN(Cc1cccc(Cl)c1)C[C@H]1CC(c2ccc(C)cc2)=NO1. The molecule has 0 amide bonds. The highest BCUT2D eigenvalue weighted by Crippen LogP contribution is 2.20. The lowest BCUT2D eigenvalue weighted by Gasteiger charge is -2.27. The van der Waals surface area contributed by atoms with Gasteiger partial charge in [-0.3, -0.25) is 4.90 Å². The molecule has 3 rings (SSSR count). The zero-order chi connectivity index (χ0) is 21.3. The number of hydrogen-bond donors (Lipinski definition) is 1. The van der Waals surface area contributed by atoms with Gasteiger partial charge in [-0.2, -0.15) is 0 Å². The molecule has 0 bridgehead atoms. The minimum absolute atomic E-state index is 0.0678. The summed E-state index contributed by atoms with van der Waals surface area (Å²) in [5.41, 5.74) is 4.34. The maximum Gasteiger partial charge on any atom is 0.145 e. The zero-order valence-corrected chi connectivity index (χ0v) is 18.1. The van der Waals surface area contributed by atoms with E-state index in [0.29, 0.717) is 31.3 Å². The Morgan fingerprint density at radius 1 is 1.33 bits per heavy atom. The third-order valence-corrected chi connectivity index (χ3v) is 5.12. The number of aliphatic hydroxyl groups excluding tert-OH is 1. The Labute approximate surface area is 183 Å². The maximum absolute atomic E-state index is 10.4. The Bertz CT molecular complexity index is 854. The van der Waals surface area contributed by atoms with Crippen LogP contribution in [-0.2, 0) is 16.1 Å². The second-order valence-electron chi connectivity index (χ2n) is 7.64. The van der Waals surface area contributed by atoms with Crippen LogP contribution in [0.25, 0.3) is 0 Å². The number of ether oxygens (including phenoxy) is 1. The molecular formula is C24H29ClN2O3. The van der Waals surface area contributed by atoms with Gasteiger partial charge in [-0.05, 0) is 30.2 Å². The van der Waals surface area contributed by atoms with Crippen molar-refractivity contribution in [1.82, 2.24) is 4.90 Å². The Morgan fingerprint density at radius 3 is 2.87 bits per heavy atom. The summed E-state index contributed by atoms with van der Waals surface area (Å²) in [4.78, 5) is 7.87. The molecule has 0 saturated carbocycles. The molecule has 1 aliphatic heterocycles. The number of nitrogens with zero attached hydrogens (tertiary/aromatic N) is 2. The normalized spacial score (nSPS) is 16.9. The molecule has 2 aromatic carbocycles. The lowest BCUT2D eigenvalue weighted by atomic mass is 10.0. The molecule has 0 unspecified atom stereocenters. The highest BCUT2D eigenvalue weighted by Gasteiger charge is 2.25. The van der Waals surface area contributed by atoms with Crippen LogP contribution in [0.15, 0.2) is 66.3 Å². The van der Waals surface area contributed by atoms with Crippen LogP contribution in [-0.4, -0.2) is 54.2 Å². The summed E-state index contributed by atoms with van der Waals surface area (Å²) in [5, 5.41) is 15.4. The molecule has 160 valence electrons. The number of oxime groups is 1. The van der Waals surface area contributed by atoms with Crippen LogP contribution >= 0.6 is 11.6 Å². The molecule has 1 aliphatic rings. The quantitative estimate of drug-likeness (QED) is 0.430. The number of aryl methyl sites for hydroxylation is 1. The average Bonchev–Trinajstić information content (AvgIpc) is 3.17. The topological polar surface area (TPSA) is 54.3 Å². The summed E-state index contributed by atoms with van der Waals surface area (Å²) in [6.07, 6.45) is 1.73. The van der Waals surface area contributed by atoms with Gasteiger partial charge in [-0.1, -0.05) is 64.8 Å². The first-order chi connectivity index (χ1) is 14.5. The fourth-order valence-electron chi connectivity index (χ4n) is 3.47. The lowest BCUT2D eigenvalue weighted by Crippen LogP contribution is -2.39. The smallest absolute Gasteiger partial charge is 0.145 e. The predicted octanol–water partition coefficient (Wildman–Crippen LogP) is 4.21. The third kappa shape index (κ3) is 6.96. The summed E-state index contributed by atoms with van der Waals surface area (Å²) < 4.78 is 5.40. The molecule has 6 heteroatoms. The van der Waals surface area contributed by atoms with E-state index >= 15 is 0 Å². The van der Waals surface area contributed by atoms with Crippen molar-refractivity contribution in [2.24, 2.45) is 5.16 Å². The number of rotatable bonds is 11. The van der Waals surface area contributed by atoms with Crippen LogP contribution in [0, 0.1) is 6.92 Å². The zero-order valence-electron chi connectivity index (χ0n) is 17.3. The van der Waals surface area contributed by atoms with Gasteiger partial charge in [-0.15, -0.1) is 6.58 Å². The van der Waals surface area contributed by atoms with Gasteiger partial charge >= 0.3 is 0 Å². The molecule has 1 N–H and O–H groups in total. The van der Waals surface area contributed by atoms with Gasteiger partial charge < -0.3 is 14.7 Å². The Balaban J connectivity index is 1.61. The van der Waals surface area contributed by atoms with Crippen molar-refractivity contribution in [1.29, 1.82) is 0 Å². The largest absolute Gasteiger partial charge is 0.390 e. The summed E-state index contributed by atoms with van der Waals surface area (Å²) in [5.74, 6) is 0. The molecule has 2 atom stereocenters. The van der Waals surface area contributed by atoms with Crippen LogP contribution in [0.3, 0.4) is 0 Å². The van der Waals surface area contributed by atoms with Crippen LogP contribution in [0.4, 0.5) is 0 Å². The Hall–Kier alpha value is -2.18. The molecular weight excluding hydrogens is 400 g/mol. The molecule has 0 radical (unpaired) electrons. The number of halogens is 1. The minimum atomic E-state index is -0.608. The fraction of sp³-hybridized carbons (Fsp3) is 0.375. The maximum atomic E-state index is 10.4. The molecule has 0 saturated heterocycles. The van der Waals surface area contributed by atoms with Gasteiger partial charge in [-0.25, -0.2) is 0 Å². The molecule has 30 heavy (non-hydrogen) atoms. The van der Waals surface area contributed by atoms with Crippen LogP contribution < -0.4 is 0 Å². The second-order valence-corrected chi connectivity index (χ2v) is 8.08. The first-order valence-electron chi connectivity index (χ1n) is 10.2. The Kier molecular flexibility index (Phi) is 8.46. The van der Waals surface area contributed by atoms with Crippen LogP contribution in [0.1, 0.15) is 23.1 Å². The highest BCUT2D eigenvalue weighted by atomic mass is 35.5. The van der Waals surface area contributed by atoms with E-state index in [1.54, 1.807) is 6.08 Å². The van der Waals surface area contributed by atoms with E-state index in [-0.39, 0.29) is 12.7 Å². The van der Waals surface area contributed by atoms with Crippen LogP contribution in [0.2, 0.25) is 5.02 Å². The molecule has 2 aromatic rings. The van der Waals surface area contributed by atoms with Crippen molar-refractivity contribution in [3.63, 3.8) is 0 Å². The van der Waals surface area contributed by atoms with E-state index in [4.69, 9.17) is 21.2 Å². The predicted molar refractivity (Wildman–Crippen MR) is 121 cm³/mol. The van der Waals surface area contributed by atoms with Gasteiger partial charge in [0.2, 0.25) is 0 Å². The Morgan fingerprint density at radius 2 is 2.13 bits per heavy atom. The van der Waals surface area contributed by atoms with Gasteiger partial charge in [0.15, 0.2) is 0 Å². The number of benzene rings is 2. The van der Waals surface area contributed by atoms with Crippen LogP contribution in [0.5, 0.6) is 0 Å². The number of aliphatic hydroxyl groups is 1. The molecule has 1 heterocycles. The van der Waals surface area contributed by atoms with Crippen molar-refractivity contribution in [3.8, 4) is 0 Å². The summed E-state index contributed by atoms with van der Waals surface area (Å²) in [6, 6.07) is 16.1.